The Morgan fingerprint density at radius 2 is 1.65 bits per heavy atom. The van der Waals surface area contributed by atoms with Crippen molar-refractivity contribution in [2.45, 2.75) is 52.5 Å². The molecular formula is C13H21N7. The average molecular weight is 275 g/mol. The van der Waals surface area contributed by atoms with Crippen LogP contribution in [0.3, 0.4) is 0 Å². The van der Waals surface area contributed by atoms with Crippen LogP contribution in [0.4, 0.5) is 5.95 Å². The van der Waals surface area contributed by atoms with Gasteiger partial charge in [-0.3, -0.25) is 0 Å². The standard InChI is InChI=1S/C13H21N7/c1-5-13(6-2,7-3)15-11-16-18-12(19-17-11)20-9-10(4)8-14-20/h8-9H,5-7H2,1-4H3,(H,15,16,17). The third-order valence-corrected chi connectivity index (χ3v) is 3.79. The molecule has 0 atom stereocenters. The first-order chi connectivity index (χ1) is 9.62. The molecule has 0 aromatic carbocycles. The lowest BCUT2D eigenvalue weighted by Crippen LogP contribution is -2.37. The van der Waals surface area contributed by atoms with Crippen molar-refractivity contribution in [1.82, 2.24) is 30.2 Å². The van der Waals surface area contributed by atoms with E-state index < -0.39 is 0 Å². The highest BCUT2D eigenvalue weighted by Crippen LogP contribution is 2.23. The summed E-state index contributed by atoms with van der Waals surface area (Å²) in [5.41, 5.74) is 1.05. The zero-order chi connectivity index (χ0) is 14.6. The highest BCUT2D eigenvalue weighted by molar-refractivity contribution is 5.26. The van der Waals surface area contributed by atoms with E-state index in [1.807, 2.05) is 13.1 Å². The summed E-state index contributed by atoms with van der Waals surface area (Å²) < 4.78 is 1.56. The number of rotatable bonds is 6. The van der Waals surface area contributed by atoms with Crippen molar-refractivity contribution >= 4 is 5.95 Å². The van der Waals surface area contributed by atoms with Gasteiger partial charge in [0.15, 0.2) is 0 Å². The molecule has 0 aliphatic heterocycles. The number of nitrogens with zero attached hydrogens (tertiary/aromatic N) is 6. The van der Waals surface area contributed by atoms with Crippen LogP contribution in [0.1, 0.15) is 45.6 Å². The molecule has 0 amide bonds. The molecule has 2 aromatic rings. The number of aromatic nitrogens is 6. The summed E-state index contributed by atoms with van der Waals surface area (Å²) in [5.74, 6) is 0.835. The minimum Gasteiger partial charge on any atom is -0.346 e. The van der Waals surface area contributed by atoms with E-state index in [1.54, 1.807) is 10.9 Å². The van der Waals surface area contributed by atoms with Crippen LogP contribution in [0.5, 0.6) is 0 Å². The molecule has 0 radical (unpaired) electrons. The molecule has 0 bridgehead atoms. The van der Waals surface area contributed by atoms with Crippen molar-refractivity contribution in [1.29, 1.82) is 0 Å². The number of hydrogen-bond acceptors (Lipinski definition) is 6. The SMILES string of the molecule is CCC(CC)(CC)Nc1nnc(-n2cc(C)cn2)nn1. The molecule has 0 aliphatic carbocycles. The quantitative estimate of drug-likeness (QED) is 0.869. The van der Waals surface area contributed by atoms with Crippen LogP contribution in [0.25, 0.3) is 5.95 Å². The predicted octanol–water partition coefficient (Wildman–Crippen LogP) is 2.14. The lowest BCUT2D eigenvalue weighted by atomic mass is 9.90. The van der Waals surface area contributed by atoms with E-state index in [-0.39, 0.29) is 5.54 Å². The van der Waals surface area contributed by atoms with Crippen molar-refractivity contribution in [2.75, 3.05) is 5.32 Å². The van der Waals surface area contributed by atoms with Gasteiger partial charge in [0.2, 0.25) is 0 Å². The fourth-order valence-corrected chi connectivity index (χ4v) is 2.14. The second-order valence-corrected chi connectivity index (χ2v) is 4.95. The van der Waals surface area contributed by atoms with Crippen LogP contribution >= 0.6 is 0 Å². The molecule has 7 nitrogen and oxygen atoms in total. The average Bonchev–Trinajstić information content (AvgIpc) is 2.92. The van der Waals surface area contributed by atoms with E-state index in [0.29, 0.717) is 11.9 Å². The second-order valence-electron chi connectivity index (χ2n) is 4.95. The lowest BCUT2D eigenvalue weighted by Gasteiger charge is -2.31. The summed E-state index contributed by atoms with van der Waals surface area (Å²) in [6.45, 7) is 8.42. The minimum atomic E-state index is 0.00711. The van der Waals surface area contributed by atoms with Crippen LogP contribution in [0.2, 0.25) is 0 Å². The summed E-state index contributed by atoms with van der Waals surface area (Å²) in [6, 6.07) is 0. The Labute approximate surface area is 118 Å². The Bertz CT molecular complexity index is 534. The highest BCUT2D eigenvalue weighted by Gasteiger charge is 2.24. The molecule has 0 aliphatic rings. The second kappa shape index (κ2) is 5.94. The Kier molecular flexibility index (Phi) is 4.26. The molecule has 0 fully saturated rings. The van der Waals surface area contributed by atoms with E-state index >= 15 is 0 Å². The summed E-state index contributed by atoms with van der Waals surface area (Å²) in [7, 11) is 0. The molecule has 2 rings (SSSR count). The van der Waals surface area contributed by atoms with Gasteiger partial charge in [0, 0.05) is 11.7 Å². The van der Waals surface area contributed by atoms with Gasteiger partial charge < -0.3 is 5.32 Å². The van der Waals surface area contributed by atoms with Crippen LogP contribution < -0.4 is 5.32 Å². The van der Waals surface area contributed by atoms with Gasteiger partial charge in [-0.1, -0.05) is 20.8 Å². The number of hydrogen-bond donors (Lipinski definition) is 1. The van der Waals surface area contributed by atoms with Gasteiger partial charge in [0.25, 0.3) is 11.9 Å². The molecule has 0 unspecified atom stereocenters. The topological polar surface area (TPSA) is 81.4 Å². The first-order valence-electron chi connectivity index (χ1n) is 6.99. The highest BCUT2D eigenvalue weighted by atomic mass is 15.5. The van der Waals surface area contributed by atoms with Gasteiger partial charge in [0.1, 0.15) is 0 Å². The number of nitrogens with one attached hydrogen (secondary N) is 1. The summed E-state index contributed by atoms with van der Waals surface area (Å²) in [6.07, 6.45) is 6.59. The number of aryl methyl sites for hydroxylation is 1. The Morgan fingerprint density at radius 1 is 1.05 bits per heavy atom. The van der Waals surface area contributed by atoms with Crippen LogP contribution in [-0.4, -0.2) is 35.7 Å². The Morgan fingerprint density at radius 3 is 2.10 bits per heavy atom. The molecule has 0 saturated carbocycles. The van der Waals surface area contributed by atoms with E-state index in [1.165, 1.54) is 0 Å². The van der Waals surface area contributed by atoms with E-state index in [2.05, 4.69) is 51.6 Å². The first kappa shape index (κ1) is 14.4. The van der Waals surface area contributed by atoms with Crippen molar-refractivity contribution in [2.24, 2.45) is 0 Å². The monoisotopic (exact) mass is 275 g/mol. The lowest BCUT2D eigenvalue weighted by molar-refractivity contribution is 0.415. The minimum absolute atomic E-state index is 0.00711. The predicted molar refractivity (Wildman–Crippen MR) is 76.7 cm³/mol. The molecule has 0 saturated heterocycles. The zero-order valence-electron chi connectivity index (χ0n) is 12.5. The summed E-state index contributed by atoms with van der Waals surface area (Å²) in [5, 5.41) is 23.8. The normalized spacial score (nSPS) is 11.6. The number of anilines is 1. The van der Waals surface area contributed by atoms with Crippen LogP contribution in [0, 0.1) is 6.92 Å². The van der Waals surface area contributed by atoms with Gasteiger partial charge in [0.05, 0.1) is 6.20 Å². The zero-order valence-corrected chi connectivity index (χ0v) is 12.5. The maximum Gasteiger partial charge on any atom is 0.289 e. The maximum absolute atomic E-state index is 4.13. The first-order valence-corrected chi connectivity index (χ1v) is 6.99. The molecule has 7 heteroatoms. The van der Waals surface area contributed by atoms with E-state index in [9.17, 15) is 0 Å². The fourth-order valence-electron chi connectivity index (χ4n) is 2.14. The molecule has 2 aromatic heterocycles. The van der Waals surface area contributed by atoms with Gasteiger partial charge in [-0.05, 0) is 31.7 Å². The van der Waals surface area contributed by atoms with Crippen LogP contribution in [-0.2, 0) is 0 Å². The third kappa shape index (κ3) is 2.92. The van der Waals surface area contributed by atoms with Crippen molar-refractivity contribution in [3.8, 4) is 5.95 Å². The smallest absolute Gasteiger partial charge is 0.289 e. The molecule has 1 N–H and O–H groups in total. The third-order valence-electron chi connectivity index (χ3n) is 3.79. The van der Waals surface area contributed by atoms with Gasteiger partial charge >= 0.3 is 0 Å². The maximum atomic E-state index is 4.13. The van der Waals surface area contributed by atoms with Crippen molar-refractivity contribution in [3.05, 3.63) is 18.0 Å². The van der Waals surface area contributed by atoms with Crippen molar-refractivity contribution in [3.63, 3.8) is 0 Å². The van der Waals surface area contributed by atoms with E-state index in [4.69, 9.17) is 0 Å². The fraction of sp³-hybridized carbons (Fsp3) is 0.615. The Hall–Kier alpha value is -2.05. The molecule has 0 spiro atoms. The van der Waals surface area contributed by atoms with Crippen molar-refractivity contribution < 1.29 is 0 Å². The summed E-state index contributed by atoms with van der Waals surface area (Å²) >= 11 is 0. The van der Waals surface area contributed by atoms with Gasteiger partial charge in [-0.2, -0.15) is 5.10 Å². The largest absolute Gasteiger partial charge is 0.346 e. The van der Waals surface area contributed by atoms with Crippen LogP contribution in [0.15, 0.2) is 12.4 Å². The Balaban J connectivity index is 2.16. The van der Waals surface area contributed by atoms with Gasteiger partial charge in [-0.25, -0.2) is 4.68 Å². The molecular weight excluding hydrogens is 254 g/mol. The summed E-state index contributed by atoms with van der Waals surface area (Å²) in [4.78, 5) is 0. The van der Waals surface area contributed by atoms with E-state index in [0.717, 1.165) is 24.8 Å². The molecule has 2 heterocycles. The molecule has 20 heavy (non-hydrogen) atoms. The van der Waals surface area contributed by atoms with Gasteiger partial charge in [-0.15, -0.1) is 20.4 Å². The molecule has 108 valence electrons.